The van der Waals surface area contributed by atoms with Gasteiger partial charge in [0.05, 0.1) is 6.61 Å². The molecule has 2 heterocycles. The van der Waals surface area contributed by atoms with Crippen LogP contribution in [0, 0.1) is 5.92 Å². The highest BCUT2D eigenvalue weighted by atomic mass is 35.5. The highest BCUT2D eigenvalue weighted by Gasteiger charge is 2.21. The largest absolute Gasteiger partial charge is 0.493 e. The Labute approximate surface area is 147 Å². The van der Waals surface area contributed by atoms with Crippen molar-refractivity contribution in [2.75, 3.05) is 19.8 Å². The number of pyridine rings is 1. The summed E-state index contributed by atoms with van der Waals surface area (Å²) in [6.45, 7) is 1.59. The zero-order valence-corrected chi connectivity index (χ0v) is 14.4. The Hall–Kier alpha value is -1.62. The number of ether oxygens (including phenoxy) is 1. The topological polar surface area (TPSA) is 54.4 Å². The van der Waals surface area contributed by atoms with Crippen LogP contribution in [0.4, 0.5) is 0 Å². The summed E-state index contributed by atoms with van der Waals surface area (Å²) in [6, 6.07) is 11.9. The van der Waals surface area contributed by atoms with Gasteiger partial charge in [-0.05, 0) is 49.4 Å². The summed E-state index contributed by atoms with van der Waals surface area (Å²) in [5.74, 6) is 1.00. The molecule has 0 saturated heterocycles. The second-order valence-electron chi connectivity index (χ2n) is 6.21. The minimum Gasteiger partial charge on any atom is -0.493 e. The molecule has 0 saturated carbocycles. The monoisotopic (exact) mass is 346 g/mol. The molecule has 2 atom stereocenters. The van der Waals surface area contributed by atoms with Crippen molar-refractivity contribution in [1.29, 1.82) is 0 Å². The summed E-state index contributed by atoms with van der Waals surface area (Å²) in [5.41, 5.74) is 2.15. The number of nitrogens with one attached hydrogen (secondary N) is 1. The first kappa shape index (κ1) is 17.2. The molecule has 0 bridgehead atoms. The fourth-order valence-corrected chi connectivity index (χ4v) is 3.25. The molecule has 0 unspecified atom stereocenters. The van der Waals surface area contributed by atoms with E-state index in [9.17, 15) is 5.11 Å². The number of aromatic nitrogens is 1. The number of halogens is 1. The molecule has 1 aromatic heterocycles. The average Bonchev–Trinajstić information content (AvgIpc) is 2.81. The third kappa shape index (κ3) is 4.47. The van der Waals surface area contributed by atoms with Crippen LogP contribution in [0.1, 0.15) is 30.1 Å². The van der Waals surface area contributed by atoms with Crippen molar-refractivity contribution in [3.8, 4) is 5.75 Å². The fourth-order valence-electron chi connectivity index (χ4n) is 3.08. The average molecular weight is 347 g/mol. The molecule has 0 fully saturated rings. The smallest absolute Gasteiger partial charge is 0.125 e. The Kier molecular flexibility index (Phi) is 6.07. The van der Waals surface area contributed by atoms with E-state index < -0.39 is 0 Å². The molecule has 1 aliphatic heterocycles. The van der Waals surface area contributed by atoms with Crippen molar-refractivity contribution in [1.82, 2.24) is 10.3 Å². The lowest BCUT2D eigenvalue weighted by Crippen LogP contribution is -2.30. The van der Waals surface area contributed by atoms with Gasteiger partial charge < -0.3 is 15.2 Å². The van der Waals surface area contributed by atoms with Gasteiger partial charge in [-0.15, -0.1) is 0 Å². The third-order valence-electron chi connectivity index (χ3n) is 4.38. The van der Waals surface area contributed by atoms with Gasteiger partial charge in [-0.25, -0.2) is 0 Å². The zero-order chi connectivity index (χ0) is 16.8. The molecule has 2 aromatic rings. The Morgan fingerprint density at radius 3 is 3.04 bits per heavy atom. The van der Waals surface area contributed by atoms with Crippen LogP contribution < -0.4 is 10.1 Å². The van der Waals surface area contributed by atoms with E-state index in [-0.39, 0.29) is 18.6 Å². The van der Waals surface area contributed by atoms with Crippen LogP contribution in [-0.4, -0.2) is 29.8 Å². The van der Waals surface area contributed by atoms with E-state index in [1.165, 1.54) is 0 Å². The third-order valence-corrected chi connectivity index (χ3v) is 4.62. The lowest BCUT2D eigenvalue weighted by molar-refractivity contribution is 0.216. The van der Waals surface area contributed by atoms with Gasteiger partial charge in [0.2, 0.25) is 0 Å². The van der Waals surface area contributed by atoms with E-state index in [0.717, 1.165) is 42.8 Å². The molecule has 24 heavy (non-hydrogen) atoms. The van der Waals surface area contributed by atoms with Gasteiger partial charge in [0, 0.05) is 41.7 Å². The molecule has 1 aliphatic rings. The van der Waals surface area contributed by atoms with Gasteiger partial charge in [-0.2, -0.15) is 0 Å². The SMILES string of the molecule is OC[C@H](CN[C@@H]1CCCOc2cc(Cl)ccc21)Cc1ccccn1. The predicted octanol–water partition coefficient (Wildman–Crippen LogP) is 3.39. The van der Waals surface area contributed by atoms with Crippen molar-refractivity contribution in [2.24, 2.45) is 5.92 Å². The van der Waals surface area contributed by atoms with E-state index in [4.69, 9.17) is 16.3 Å². The number of fused-ring (bicyclic) bond motifs is 1. The molecule has 4 nitrogen and oxygen atoms in total. The highest BCUT2D eigenvalue weighted by molar-refractivity contribution is 6.30. The molecule has 1 aromatic carbocycles. The lowest BCUT2D eigenvalue weighted by atomic mass is 9.99. The first-order valence-corrected chi connectivity index (χ1v) is 8.80. The van der Waals surface area contributed by atoms with Gasteiger partial charge in [0.1, 0.15) is 5.75 Å². The summed E-state index contributed by atoms with van der Waals surface area (Å²) in [6.07, 6.45) is 4.56. The van der Waals surface area contributed by atoms with E-state index in [0.29, 0.717) is 11.6 Å². The van der Waals surface area contributed by atoms with Crippen molar-refractivity contribution in [2.45, 2.75) is 25.3 Å². The summed E-state index contributed by atoms with van der Waals surface area (Å²) in [7, 11) is 0. The molecule has 128 valence electrons. The van der Waals surface area contributed by atoms with Gasteiger partial charge in [-0.3, -0.25) is 4.98 Å². The molecule has 0 amide bonds. The summed E-state index contributed by atoms with van der Waals surface area (Å²) in [5, 5.41) is 14.0. The maximum Gasteiger partial charge on any atom is 0.125 e. The van der Waals surface area contributed by atoms with Gasteiger partial charge in [-0.1, -0.05) is 23.7 Å². The van der Waals surface area contributed by atoms with Crippen LogP contribution in [-0.2, 0) is 6.42 Å². The number of aliphatic hydroxyl groups excluding tert-OH is 1. The molecule has 0 aliphatic carbocycles. The number of nitrogens with zero attached hydrogens (tertiary/aromatic N) is 1. The number of hydrogen-bond acceptors (Lipinski definition) is 4. The van der Waals surface area contributed by atoms with Crippen LogP contribution >= 0.6 is 11.6 Å². The maximum absolute atomic E-state index is 9.69. The fraction of sp³-hybridized carbons (Fsp3) is 0.421. The van der Waals surface area contributed by atoms with E-state index in [1.54, 1.807) is 6.20 Å². The highest BCUT2D eigenvalue weighted by Crippen LogP contribution is 2.33. The van der Waals surface area contributed by atoms with E-state index in [2.05, 4.69) is 10.3 Å². The Bertz CT molecular complexity index is 651. The molecule has 0 radical (unpaired) electrons. The van der Waals surface area contributed by atoms with Crippen molar-refractivity contribution < 1.29 is 9.84 Å². The molecular weight excluding hydrogens is 324 g/mol. The Balaban J connectivity index is 1.65. The van der Waals surface area contributed by atoms with Crippen molar-refractivity contribution in [3.63, 3.8) is 0 Å². The predicted molar refractivity (Wildman–Crippen MR) is 95.4 cm³/mol. The molecule has 5 heteroatoms. The van der Waals surface area contributed by atoms with E-state index >= 15 is 0 Å². The first-order chi connectivity index (χ1) is 11.8. The van der Waals surface area contributed by atoms with Crippen LogP contribution in [0.2, 0.25) is 5.02 Å². The van der Waals surface area contributed by atoms with Crippen LogP contribution in [0.25, 0.3) is 0 Å². The number of hydrogen-bond donors (Lipinski definition) is 2. The van der Waals surface area contributed by atoms with Gasteiger partial charge in [0.25, 0.3) is 0 Å². The summed E-state index contributed by atoms with van der Waals surface area (Å²) < 4.78 is 5.80. The van der Waals surface area contributed by atoms with Crippen molar-refractivity contribution in [3.05, 3.63) is 58.9 Å². The summed E-state index contributed by atoms with van der Waals surface area (Å²) in [4.78, 5) is 4.35. The van der Waals surface area contributed by atoms with Crippen LogP contribution in [0.15, 0.2) is 42.6 Å². The zero-order valence-electron chi connectivity index (χ0n) is 13.6. The second kappa shape index (κ2) is 8.47. The maximum atomic E-state index is 9.69. The minimum absolute atomic E-state index is 0.139. The summed E-state index contributed by atoms with van der Waals surface area (Å²) >= 11 is 6.08. The minimum atomic E-state index is 0.139. The standard InChI is InChI=1S/C19H23ClN2O2/c20-15-6-7-17-18(5-3-9-24-19(17)11-15)22-12-14(13-23)10-16-4-1-2-8-21-16/h1-2,4,6-8,11,14,18,22-23H,3,5,9-10,12-13H2/t14-,18+/m0/s1. The van der Waals surface area contributed by atoms with Crippen molar-refractivity contribution >= 4 is 11.6 Å². The number of aliphatic hydroxyl groups is 1. The second-order valence-corrected chi connectivity index (χ2v) is 6.64. The molecular formula is C19H23ClN2O2. The molecule has 0 spiro atoms. The van der Waals surface area contributed by atoms with Crippen LogP contribution in [0.5, 0.6) is 5.75 Å². The van der Waals surface area contributed by atoms with E-state index in [1.807, 2.05) is 36.4 Å². The van der Waals surface area contributed by atoms with Gasteiger partial charge in [0.15, 0.2) is 0 Å². The number of rotatable bonds is 6. The quantitative estimate of drug-likeness (QED) is 0.841. The first-order valence-electron chi connectivity index (χ1n) is 8.42. The lowest BCUT2D eigenvalue weighted by Gasteiger charge is -2.22. The van der Waals surface area contributed by atoms with Crippen LogP contribution in [0.3, 0.4) is 0 Å². The van der Waals surface area contributed by atoms with Gasteiger partial charge >= 0.3 is 0 Å². The molecule has 3 rings (SSSR count). The Morgan fingerprint density at radius 2 is 2.25 bits per heavy atom. The normalized spacial score (nSPS) is 18.3. The Morgan fingerprint density at radius 1 is 1.33 bits per heavy atom. The molecule has 2 N–H and O–H groups in total. The number of benzene rings is 1.